The van der Waals surface area contributed by atoms with Crippen LogP contribution in [0.2, 0.25) is 0 Å². The maximum atomic E-state index is 13.3. The molecule has 4 rings (SSSR count). The van der Waals surface area contributed by atoms with Crippen molar-refractivity contribution in [3.05, 3.63) is 40.5 Å². The molecular weight excluding hydrogens is 611 g/mol. The normalized spacial score (nSPS) is 17.3. The molecule has 14 heteroatoms. The Morgan fingerprint density at radius 1 is 1.09 bits per heavy atom. The third kappa shape index (κ3) is 8.38. The number of H-pyrrole nitrogens is 1. The third-order valence-corrected chi connectivity index (χ3v) is 8.27. The summed E-state index contributed by atoms with van der Waals surface area (Å²) in [6.07, 6.45) is -7.48. The number of carbonyl (C=O) groups is 2. The van der Waals surface area contributed by atoms with Gasteiger partial charge < -0.3 is 25.8 Å². The molecular formula is C32H39F5N6O3. The Labute approximate surface area is 263 Å². The number of aromatic amines is 1. The minimum Gasteiger partial charge on any atom is -0.471 e. The van der Waals surface area contributed by atoms with Crippen molar-refractivity contribution in [3.63, 3.8) is 0 Å². The monoisotopic (exact) mass is 650 g/mol. The van der Waals surface area contributed by atoms with E-state index >= 15 is 0 Å². The van der Waals surface area contributed by atoms with E-state index in [9.17, 15) is 31.5 Å². The molecule has 2 heterocycles. The van der Waals surface area contributed by atoms with E-state index in [1.54, 1.807) is 0 Å². The molecule has 0 spiro atoms. The molecule has 0 unspecified atom stereocenters. The van der Waals surface area contributed by atoms with E-state index < -0.39 is 48.7 Å². The number of nitrogens with zero attached hydrogens (tertiary/aromatic N) is 2. The summed E-state index contributed by atoms with van der Waals surface area (Å²) in [4.78, 5) is 37.4. The van der Waals surface area contributed by atoms with Crippen LogP contribution in [0.3, 0.4) is 0 Å². The summed E-state index contributed by atoms with van der Waals surface area (Å²) in [5, 5.41) is 14.6. The summed E-state index contributed by atoms with van der Waals surface area (Å²) in [6.45, 7) is 8.56. The fraction of sp³-hybridized carbons (Fsp3) is 0.531. The van der Waals surface area contributed by atoms with Crippen LogP contribution in [0, 0.1) is 36.5 Å². The Bertz CT molecular complexity index is 1600. The number of aryl methyl sites for hydroxylation is 1. The summed E-state index contributed by atoms with van der Waals surface area (Å²) in [7, 11) is 0. The van der Waals surface area contributed by atoms with E-state index in [0.29, 0.717) is 12.1 Å². The van der Waals surface area contributed by atoms with Crippen LogP contribution in [0.4, 0.5) is 33.6 Å². The number of ketones is 1. The number of carbonyl (C=O) groups excluding carboxylic acids is 2. The maximum Gasteiger partial charge on any atom is 0.391 e. The molecule has 1 aliphatic rings. The van der Waals surface area contributed by atoms with Crippen molar-refractivity contribution in [1.29, 1.82) is 5.41 Å². The second kappa shape index (κ2) is 13.7. The van der Waals surface area contributed by atoms with Crippen molar-refractivity contribution in [2.24, 2.45) is 17.3 Å². The van der Waals surface area contributed by atoms with Crippen LogP contribution in [-0.2, 0) is 11.3 Å². The molecule has 0 aliphatic heterocycles. The van der Waals surface area contributed by atoms with Gasteiger partial charge in [-0.15, -0.1) is 0 Å². The third-order valence-electron chi connectivity index (χ3n) is 8.27. The quantitative estimate of drug-likeness (QED) is 0.0961. The minimum absolute atomic E-state index is 0.0120. The van der Waals surface area contributed by atoms with Crippen LogP contribution < -0.4 is 15.4 Å². The van der Waals surface area contributed by atoms with Crippen molar-refractivity contribution in [2.45, 2.75) is 85.9 Å². The number of amides is 1. The number of fused-ring (bicyclic) bond motifs is 1. The molecule has 0 radical (unpaired) electrons. The van der Waals surface area contributed by atoms with Gasteiger partial charge in [0.15, 0.2) is 18.0 Å². The molecule has 250 valence electrons. The number of imidazole rings is 1. The van der Waals surface area contributed by atoms with E-state index in [0.717, 1.165) is 22.4 Å². The van der Waals surface area contributed by atoms with Gasteiger partial charge >= 0.3 is 6.18 Å². The van der Waals surface area contributed by atoms with Gasteiger partial charge in [-0.1, -0.05) is 32.9 Å². The second-order valence-corrected chi connectivity index (χ2v) is 12.8. The Balaban J connectivity index is 1.56. The largest absolute Gasteiger partial charge is 0.471 e. The lowest BCUT2D eigenvalue weighted by Gasteiger charge is -2.30. The molecule has 0 saturated heterocycles. The Hall–Kier alpha value is -4.10. The summed E-state index contributed by atoms with van der Waals surface area (Å²) < 4.78 is 70.5. The number of aromatic nitrogens is 3. The van der Waals surface area contributed by atoms with Crippen molar-refractivity contribution >= 4 is 40.2 Å². The summed E-state index contributed by atoms with van der Waals surface area (Å²) in [5.41, 5.74) is 3.05. The number of benzene rings is 1. The second-order valence-electron chi connectivity index (χ2n) is 12.8. The molecule has 1 fully saturated rings. The maximum absolute atomic E-state index is 13.3. The lowest BCUT2D eigenvalue weighted by atomic mass is 9.78. The first-order valence-electron chi connectivity index (χ1n) is 15.1. The highest BCUT2D eigenvalue weighted by Gasteiger charge is 2.42. The molecule has 46 heavy (non-hydrogen) atoms. The molecule has 2 aromatic heterocycles. The van der Waals surface area contributed by atoms with Crippen LogP contribution in [0.25, 0.3) is 11.2 Å². The molecule has 0 bridgehead atoms. The number of pyridine rings is 1. The average molecular weight is 651 g/mol. The molecule has 1 amide bonds. The molecule has 3 aromatic rings. The smallest absolute Gasteiger partial charge is 0.391 e. The first kappa shape index (κ1) is 34.8. The minimum atomic E-state index is -4.29. The zero-order valence-electron chi connectivity index (χ0n) is 26.4. The number of rotatable bonds is 11. The molecule has 1 saturated carbocycles. The molecule has 1 aliphatic carbocycles. The highest BCUT2D eigenvalue weighted by Crippen LogP contribution is 2.40. The zero-order chi connectivity index (χ0) is 34.0. The number of Topliss-reactive ketones (excluding diaryl/α,β-unsaturated/α-hetero) is 1. The number of nitrogens with one attached hydrogen (secondary N) is 4. The van der Waals surface area contributed by atoms with Crippen LogP contribution in [0.15, 0.2) is 18.2 Å². The molecule has 9 nitrogen and oxygen atoms in total. The number of hydrogen-bond donors (Lipinski definition) is 4. The van der Waals surface area contributed by atoms with Crippen LogP contribution in [0.1, 0.15) is 79.9 Å². The first-order chi connectivity index (χ1) is 21.4. The van der Waals surface area contributed by atoms with Gasteiger partial charge in [-0.05, 0) is 68.2 Å². The predicted octanol–water partition coefficient (Wildman–Crippen LogP) is 7.59. The van der Waals surface area contributed by atoms with Gasteiger partial charge in [-0.25, -0.2) is 8.78 Å². The number of alkyl halides is 5. The molecule has 0 atom stereocenters. The summed E-state index contributed by atoms with van der Waals surface area (Å²) >= 11 is 0. The lowest BCUT2D eigenvalue weighted by molar-refractivity contribution is -0.182. The average Bonchev–Trinajstić information content (AvgIpc) is 3.37. The fourth-order valence-corrected chi connectivity index (χ4v) is 5.45. The number of halogens is 5. The molecule has 1 aromatic carbocycles. The van der Waals surface area contributed by atoms with E-state index in [1.807, 2.05) is 46.8 Å². The van der Waals surface area contributed by atoms with Gasteiger partial charge in [-0.2, -0.15) is 23.1 Å². The summed E-state index contributed by atoms with van der Waals surface area (Å²) in [5.74, 6) is -2.72. The van der Waals surface area contributed by atoms with Crippen molar-refractivity contribution in [2.75, 3.05) is 11.9 Å². The van der Waals surface area contributed by atoms with E-state index in [4.69, 9.17) is 10.1 Å². The van der Waals surface area contributed by atoms with E-state index in [2.05, 4.69) is 25.6 Å². The number of hydrogen-bond acceptors (Lipinski definition) is 7. The predicted molar refractivity (Wildman–Crippen MR) is 164 cm³/mol. The Morgan fingerprint density at radius 3 is 2.37 bits per heavy atom. The number of ether oxygens (including phenoxy) is 1. The van der Waals surface area contributed by atoms with Gasteiger partial charge in [0.05, 0.1) is 17.0 Å². The standard InChI is InChI=1S/C32H39F5N6O3/c1-16-6-7-19(14-39-29(45)31(3,4)5)17(2)26(16)41-30-40-23-12-21(28(42-27(23)43-30)46-15-25(33)34)24(44)13-22(38)18-8-10-20(11-9-18)32(35,36)37/h6-7,12,18,20,25,38H,8-11,13-15H2,1-5H3,(H,39,45)(H2,40,41,42,43). The lowest BCUT2D eigenvalue weighted by Crippen LogP contribution is -2.34. The van der Waals surface area contributed by atoms with Gasteiger partial charge in [-0.3, -0.25) is 9.59 Å². The summed E-state index contributed by atoms with van der Waals surface area (Å²) in [6, 6.07) is 5.19. The topological polar surface area (TPSA) is 133 Å². The van der Waals surface area contributed by atoms with Gasteiger partial charge in [0.2, 0.25) is 17.7 Å². The van der Waals surface area contributed by atoms with E-state index in [1.165, 1.54) is 6.07 Å². The highest BCUT2D eigenvalue weighted by atomic mass is 19.4. The Morgan fingerprint density at radius 2 is 1.76 bits per heavy atom. The van der Waals surface area contributed by atoms with Crippen molar-refractivity contribution in [3.8, 4) is 5.88 Å². The van der Waals surface area contributed by atoms with Crippen LogP contribution in [-0.4, -0.2) is 51.6 Å². The fourth-order valence-electron chi connectivity index (χ4n) is 5.45. The highest BCUT2D eigenvalue weighted by molar-refractivity contribution is 6.11. The van der Waals surface area contributed by atoms with Gasteiger partial charge in [0.25, 0.3) is 6.43 Å². The van der Waals surface area contributed by atoms with E-state index in [-0.39, 0.29) is 60.3 Å². The molecule has 4 N–H and O–H groups in total. The first-order valence-corrected chi connectivity index (χ1v) is 15.1. The van der Waals surface area contributed by atoms with Crippen molar-refractivity contribution in [1.82, 2.24) is 20.3 Å². The van der Waals surface area contributed by atoms with Crippen LogP contribution >= 0.6 is 0 Å². The Kier molecular flexibility index (Phi) is 10.4. The van der Waals surface area contributed by atoms with Crippen LogP contribution in [0.5, 0.6) is 5.88 Å². The SMILES string of the molecule is Cc1ccc(CNC(=O)C(C)(C)C)c(C)c1Nc1nc2nc(OCC(F)F)c(C(=O)CC(=N)C3CCC(C(F)(F)F)CC3)cc2[nH]1. The zero-order valence-corrected chi connectivity index (χ0v) is 26.4. The van der Waals surface area contributed by atoms with Gasteiger partial charge in [0.1, 0.15) is 0 Å². The number of anilines is 2. The van der Waals surface area contributed by atoms with Crippen molar-refractivity contribution < 1.29 is 36.3 Å². The van der Waals surface area contributed by atoms with Gasteiger partial charge in [0, 0.05) is 29.8 Å².